The van der Waals surface area contributed by atoms with Gasteiger partial charge in [0.25, 0.3) is 0 Å². The third-order valence-corrected chi connectivity index (χ3v) is 8.39. The van der Waals surface area contributed by atoms with Gasteiger partial charge in [-0.15, -0.1) is 0 Å². The van der Waals surface area contributed by atoms with Crippen molar-refractivity contribution in [1.82, 2.24) is 5.32 Å². The van der Waals surface area contributed by atoms with Crippen LogP contribution < -0.4 is 5.32 Å². The van der Waals surface area contributed by atoms with Crippen LogP contribution in [0, 0.1) is 23.2 Å². The average Bonchev–Trinajstić information content (AvgIpc) is 3.08. The highest BCUT2D eigenvalue weighted by molar-refractivity contribution is 5.89. The lowest BCUT2D eigenvalue weighted by molar-refractivity contribution is -0.161. The second-order valence-corrected chi connectivity index (χ2v) is 11.2. The number of carbonyl (C=O) groups is 2. The summed E-state index contributed by atoms with van der Waals surface area (Å²) < 4.78 is 5.89. The van der Waals surface area contributed by atoms with Crippen LogP contribution in [0.2, 0.25) is 0 Å². The average molecular weight is 494 g/mol. The Kier molecular flexibility index (Phi) is 7.31. The van der Waals surface area contributed by atoms with Gasteiger partial charge in [-0.05, 0) is 63.2 Å². The van der Waals surface area contributed by atoms with Crippen molar-refractivity contribution >= 4 is 11.9 Å². The van der Waals surface area contributed by atoms with Gasteiger partial charge in [-0.2, -0.15) is 0 Å². The van der Waals surface area contributed by atoms with Crippen molar-refractivity contribution in [3.05, 3.63) is 71.3 Å². The highest BCUT2D eigenvalue weighted by atomic mass is 16.5. The highest BCUT2D eigenvalue weighted by Crippen LogP contribution is 2.57. The quantitative estimate of drug-likeness (QED) is 0.439. The van der Waals surface area contributed by atoms with Crippen LogP contribution in [0.5, 0.6) is 0 Å². The van der Waals surface area contributed by atoms with Gasteiger partial charge in [0.15, 0.2) is 0 Å². The van der Waals surface area contributed by atoms with E-state index in [1.165, 1.54) is 6.92 Å². The molecule has 6 heteroatoms. The number of allylic oxidation sites excluding steroid dienone is 1. The van der Waals surface area contributed by atoms with E-state index in [-0.39, 0.29) is 23.8 Å². The predicted octanol–water partition coefficient (Wildman–Crippen LogP) is 3.88. The number of nitrogens with one attached hydrogen (secondary N) is 1. The Balaban J connectivity index is 1.94. The van der Waals surface area contributed by atoms with Crippen LogP contribution in [0.15, 0.2) is 65.8 Å². The molecule has 6 nitrogen and oxygen atoms in total. The first kappa shape index (κ1) is 26.4. The molecule has 8 atom stereocenters. The van der Waals surface area contributed by atoms with Gasteiger partial charge in [-0.25, -0.2) is 0 Å². The van der Waals surface area contributed by atoms with Gasteiger partial charge >= 0.3 is 5.97 Å². The van der Waals surface area contributed by atoms with Gasteiger partial charge in [0.05, 0.1) is 11.7 Å². The third kappa shape index (κ3) is 4.69. The number of aliphatic hydroxyl groups is 2. The van der Waals surface area contributed by atoms with Crippen LogP contribution in [0.25, 0.3) is 0 Å². The maximum Gasteiger partial charge on any atom is 0.303 e. The first-order chi connectivity index (χ1) is 17.0. The summed E-state index contributed by atoms with van der Waals surface area (Å²) in [6.45, 7) is 9.03. The van der Waals surface area contributed by atoms with Crippen LogP contribution >= 0.6 is 0 Å². The van der Waals surface area contributed by atoms with E-state index in [4.69, 9.17) is 4.74 Å². The van der Waals surface area contributed by atoms with Gasteiger partial charge in [-0.1, -0.05) is 61.1 Å². The fourth-order valence-electron chi connectivity index (χ4n) is 6.76. The number of amides is 1. The smallest absolute Gasteiger partial charge is 0.303 e. The first-order valence-electron chi connectivity index (χ1n) is 12.9. The van der Waals surface area contributed by atoms with Crippen molar-refractivity contribution in [2.75, 3.05) is 0 Å². The minimum absolute atomic E-state index is 0.181. The Morgan fingerprint density at radius 2 is 1.86 bits per heavy atom. The normalized spacial score (nSPS) is 40.4. The molecule has 1 fully saturated rings. The van der Waals surface area contributed by atoms with Crippen LogP contribution in [0.1, 0.15) is 53.0 Å². The fraction of sp³-hybridized carbons (Fsp3) is 0.533. The van der Waals surface area contributed by atoms with Crippen LogP contribution in [0.4, 0.5) is 0 Å². The lowest BCUT2D eigenvalue weighted by Gasteiger charge is -2.49. The van der Waals surface area contributed by atoms with Crippen molar-refractivity contribution in [2.24, 2.45) is 23.2 Å². The zero-order valence-corrected chi connectivity index (χ0v) is 21.9. The molecule has 1 saturated heterocycles. The minimum atomic E-state index is -1.26. The molecule has 3 aliphatic rings. The number of rotatable bonds is 3. The van der Waals surface area contributed by atoms with Crippen molar-refractivity contribution in [2.45, 2.75) is 77.7 Å². The molecule has 1 aromatic rings. The summed E-state index contributed by atoms with van der Waals surface area (Å²) in [6.07, 6.45) is 7.26. The summed E-state index contributed by atoms with van der Waals surface area (Å²) in [5.41, 5.74) is 0.485. The monoisotopic (exact) mass is 493 g/mol. The van der Waals surface area contributed by atoms with E-state index in [0.29, 0.717) is 19.3 Å². The predicted molar refractivity (Wildman–Crippen MR) is 139 cm³/mol. The van der Waals surface area contributed by atoms with E-state index in [1.807, 2.05) is 56.3 Å². The maximum atomic E-state index is 14.2. The van der Waals surface area contributed by atoms with Gasteiger partial charge in [-0.3, -0.25) is 9.59 Å². The molecule has 0 aromatic heterocycles. The van der Waals surface area contributed by atoms with E-state index in [9.17, 15) is 19.8 Å². The van der Waals surface area contributed by atoms with E-state index in [1.54, 1.807) is 19.1 Å². The second kappa shape index (κ2) is 9.98. The number of carbonyl (C=O) groups excluding carboxylic acids is 2. The number of hydrogen-bond donors (Lipinski definition) is 3. The number of benzene rings is 1. The van der Waals surface area contributed by atoms with Gasteiger partial charge in [0.1, 0.15) is 11.5 Å². The molecule has 1 aliphatic heterocycles. The number of esters is 1. The Bertz CT molecular complexity index is 1090. The van der Waals surface area contributed by atoms with Gasteiger partial charge in [0.2, 0.25) is 5.91 Å². The maximum absolute atomic E-state index is 14.2. The highest BCUT2D eigenvalue weighted by Gasteiger charge is 2.67. The molecule has 1 aromatic carbocycles. The zero-order valence-electron chi connectivity index (χ0n) is 21.9. The molecule has 0 bridgehead atoms. The third-order valence-electron chi connectivity index (χ3n) is 8.39. The summed E-state index contributed by atoms with van der Waals surface area (Å²) in [6, 6.07) is 9.76. The fourth-order valence-corrected chi connectivity index (χ4v) is 6.76. The summed E-state index contributed by atoms with van der Waals surface area (Å²) in [5, 5.41) is 25.9. The Hall–Kier alpha value is -2.70. The largest absolute Gasteiger partial charge is 0.457 e. The first-order valence-corrected chi connectivity index (χ1v) is 12.9. The number of aliphatic hydroxyl groups excluding tert-OH is 1. The molecular weight excluding hydrogens is 454 g/mol. The molecule has 3 N–H and O–H groups in total. The Labute approximate surface area is 214 Å². The van der Waals surface area contributed by atoms with Crippen LogP contribution in [-0.2, 0) is 20.7 Å². The summed E-state index contributed by atoms with van der Waals surface area (Å²) in [5.74, 6) is -1.49. The standard InChI is InChI=1S/C30H39NO5/c1-18-10-9-13-23-27(33)20(3)19(2)26-24(16-22-11-7-6-8-12-22)31-28(34)30(23,26)25(36-21(4)32)14-15-29(5,35)17-18/h6-9,11-15,18,23-27,33,35H,10,16-17H2,1-5H3,(H,31,34)/b13-9-,15-14-. The zero-order chi connectivity index (χ0) is 26.3. The number of hydrogen-bond acceptors (Lipinski definition) is 5. The van der Waals surface area contributed by atoms with Crippen LogP contribution in [-0.4, -0.2) is 45.9 Å². The summed E-state index contributed by atoms with van der Waals surface area (Å²) >= 11 is 0. The molecule has 0 radical (unpaired) electrons. The van der Waals surface area contributed by atoms with Crippen molar-refractivity contribution in [3.63, 3.8) is 0 Å². The van der Waals surface area contributed by atoms with Crippen molar-refractivity contribution < 1.29 is 24.5 Å². The van der Waals surface area contributed by atoms with Crippen molar-refractivity contribution in [1.29, 1.82) is 0 Å². The van der Waals surface area contributed by atoms with E-state index >= 15 is 0 Å². The van der Waals surface area contributed by atoms with E-state index < -0.39 is 35.1 Å². The molecule has 1 heterocycles. The lowest BCUT2D eigenvalue weighted by atomic mass is 9.54. The molecule has 8 unspecified atom stereocenters. The topological polar surface area (TPSA) is 95.9 Å². The van der Waals surface area contributed by atoms with Gasteiger partial charge in [0, 0.05) is 24.8 Å². The number of ether oxygens (including phenoxy) is 1. The molecule has 194 valence electrons. The molecule has 1 spiro atoms. The Morgan fingerprint density at radius 1 is 1.17 bits per heavy atom. The van der Waals surface area contributed by atoms with E-state index in [2.05, 4.69) is 12.2 Å². The van der Waals surface area contributed by atoms with Crippen molar-refractivity contribution in [3.8, 4) is 0 Å². The van der Waals surface area contributed by atoms with Crippen LogP contribution in [0.3, 0.4) is 0 Å². The molecule has 2 aliphatic carbocycles. The minimum Gasteiger partial charge on any atom is -0.457 e. The SMILES string of the molecule is CC(=O)OC1/C=C\C(C)(O)CC(C)C/C=C\C2C(O)C(C)=C(C)C3C(Cc4ccccc4)NC(=O)C123. The molecular formula is C30H39NO5. The molecule has 4 rings (SSSR count). The van der Waals surface area contributed by atoms with E-state index in [0.717, 1.165) is 16.7 Å². The molecule has 36 heavy (non-hydrogen) atoms. The van der Waals surface area contributed by atoms with Gasteiger partial charge < -0.3 is 20.3 Å². The summed E-state index contributed by atoms with van der Waals surface area (Å²) in [4.78, 5) is 26.5. The second-order valence-electron chi connectivity index (χ2n) is 11.2. The molecule has 0 saturated carbocycles. The lowest BCUT2D eigenvalue weighted by Crippen LogP contribution is -2.58. The summed E-state index contributed by atoms with van der Waals surface area (Å²) in [7, 11) is 0. The molecule has 1 amide bonds. The Morgan fingerprint density at radius 3 is 2.53 bits per heavy atom.